The number of benzene rings is 2. The summed E-state index contributed by atoms with van der Waals surface area (Å²) in [4.78, 5) is 0. The lowest BCUT2D eigenvalue weighted by Crippen LogP contribution is -2.25. The first kappa shape index (κ1) is 13.8. The van der Waals surface area contributed by atoms with Gasteiger partial charge in [-0.15, -0.1) is 0 Å². The lowest BCUT2D eigenvalue weighted by Gasteiger charge is -2.33. The van der Waals surface area contributed by atoms with Crippen molar-refractivity contribution in [2.75, 3.05) is 7.05 Å². The first-order valence-electron chi connectivity index (χ1n) is 6.88. The molecule has 0 radical (unpaired) electrons. The van der Waals surface area contributed by atoms with Crippen LogP contribution in [0.15, 0.2) is 46.9 Å². The van der Waals surface area contributed by atoms with Crippen molar-refractivity contribution >= 4 is 15.9 Å². The molecule has 0 spiro atoms. The van der Waals surface area contributed by atoms with Gasteiger partial charge in [-0.05, 0) is 60.7 Å². The molecule has 0 aromatic heterocycles. The summed E-state index contributed by atoms with van der Waals surface area (Å²) < 4.78 is 14.3. The van der Waals surface area contributed by atoms with Crippen molar-refractivity contribution in [3.05, 3.63) is 69.4 Å². The molecule has 0 saturated carbocycles. The predicted octanol–water partition coefficient (Wildman–Crippen LogP) is 4.58. The SMILES string of the molecule is CNC(CC1Cc2ccccc21)c1cc(F)cc(Br)c1. The van der Waals surface area contributed by atoms with E-state index in [0.717, 1.165) is 22.9 Å². The quantitative estimate of drug-likeness (QED) is 0.863. The summed E-state index contributed by atoms with van der Waals surface area (Å²) >= 11 is 3.37. The molecule has 2 atom stereocenters. The minimum Gasteiger partial charge on any atom is -0.313 e. The third kappa shape index (κ3) is 2.65. The van der Waals surface area contributed by atoms with Gasteiger partial charge in [-0.3, -0.25) is 0 Å². The van der Waals surface area contributed by atoms with E-state index in [1.807, 2.05) is 13.1 Å². The van der Waals surface area contributed by atoms with Gasteiger partial charge in [0, 0.05) is 10.5 Å². The molecule has 1 N–H and O–H groups in total. The van der Waals surface area contributed by atoms with Gasteiger partial charge >= 0.3 is 0 Å². The van der Waals surface area contributed by atoms with Gasteiger partial charge < -0.3 is 5.32 Å². The fourth-order valence-electron chi connectivity index (χ4n) is 3.05. The number of hydrogen-bond acceptors (Lipinski definition) is 1. The molecule has 0 bridgehead atoms. The lowest BCUT2D eigenvalue weighted by atomic mass is 9.74. The van der Waals surface area contributed by atoms with Crippen LogP contribution in [0.5, 0.6) is 0 Å². The highest BCUT2D eigenvalue weighted by molar-refractivity contribution is 9.10. The van der Waals surface area contributed by atoms with Crippen LogP contribution >= 0.6 is 15.9 Å². The van der Waals surface area contributed by atoms with Gasteiger partial charge in [-0.1, -0.05) is 40.2 Å². The van der Waals surface area contributed by atoms with Crippen LogP contribution in [0.3, 0.4) is 0 Å². The van der Waals surface area contributed by atoms with Gasteiger partial charge in [0.2, 0.25) is 0 Å². The Labute approximate surface area is 127 Å². The summed E-state index contributed by atoms with van der Waals surface area (Å²) in [6.45, 7) is 0. The van der Waals surface area contributed by atoms with E-state index in [1.165, 1.54) is 17.2 Å². The smallest absolute Gasteiger partial charge is 0.124 e. The van der Waals surface area contributed by atoms with E-state index in [1.54, 1.807) is 6.07 Å². The normalized spacial score (nSPS) is 18.2. The Morgan fingerprint density at radius 3 is 2.80 bits per heavy atom. The molecule has 1 aliphatic carbocycles. The van der Waals surface area contributed by atoms with Crippen molar-refractivity contribution in [1.29, 1.82) is 0 Å². The maximum Gasteiger partial charge on any atom is 0.124 e. The molecule has 3 heteroatoms. The van der Waals surface area contributed by atoms with Gasteiger partial charge in [-0.2, -0.15) is 0 Å². The molecule has 0 aliphatic heterocycles. The number of halogens is 2. The summed E-state index contributed by atoms with van der Waals surface area (Å²) in [5.41, 5.74) is 3.90. The Hall–Kier alpha value is -1.19. The van der Waals surface area contributed by atoms with Crippen molar-refractivity contribution in [3.63, 3.8) is 0 Å². The molecule has 104 valence electrons. The van der Waals surface area contributed by atoms with Crippen molar-refractivity contribution in [2.45, 2.75) is 24.8 Å². The second-order valence-electron chi connectivity index (χ2n) is 5.38. The summed E-state index contributed by atoms with van der Waals surface area (Å²) in [6, 6.07) is 13.9. The maximum atomic E-state index is 13.5. The van der Waals surface area contributed by atoms with Gasteiger partial charge in [0.1, 0.15) is 5.82 Å². The number of rotatable bonds is 4. The number of hydrogen-bond donors (Lipinski definition) is 1. The van der Waals surface area contributed by atoms with Gasteiger partial charge in [0.15, 0.2) is 0 Å². The number of fused-ring (bicyclic) bond motifs is 1. The molecule has 1 nitrogen and oxygen atoms in total. The highest BCUT2D eigenvalue weighted by Crippen LogP contribution is 2.40. The second-order valence-corrected chi connectivity index (χ2v) is 6.30. The van der Waals surface area contributed by atoms with E-state index in [-0.39, 0.29) is 11.9 Å². The van der Waals surface area contributed by atoms with Crippen molar-refractivity contribution in [3.8, 4) is 0 Å². The van der Waals surface area contributed by atoms with E-state index in [9.17, 15) is 4.39 Å². The summed E-state index contributed by atoms with van der Waals surface area (Å²) in [5, 5.41) is 3.32. The fourth-order valence-corrected chi connectivity index (χ4v) is 3.54. The van der Waals surface area contributed by atoms with Gasteiger partial charge in [-0.25, -0.2) is 4.39 Å². The Bertz CT molecular complexity index is 606. The molecule has 2 aromatic rings. The Morgan fingerprint density at radius 1 is 1.30 bits per heavy atom. The minimum atomic E-state index is -0.191. The second kappa shape index (κ2) is 5.66. The zero-order valence-electron chi connectivity index (χ0n) is 11.4. The zero-order valence-corrected chi connectivity index (χ0v) is 13.0. The van der Waals surface area contributed by atoms with E-state index in [0.29, 0.717) is 5.92 Å². The minimum absolute atomic E-state index is 0.181. The molecule has 3 rings (SSSR count). The van der Waals surface area contributed by atoms with E-state index in [2.05, 4.69) is 45.5 Å². The summed E-state index contributed by atoms with van der Waals surface area (Å²) in [6.07, 6.45) is 2.13. The van der Waals surface area contributed by atoms with Crippen molar-refractivity contribution in [2.24, 2.45) is 0 Å². The van der Waals surface area contributed by atoms with Crippen LogP contribution in [0.1, 0.15) is 35.1 Å². The molecule has 1 aliphatic rings. The molecule has 0 heterocycles. The van der Waals surface area contributed by atoms with E-state index < -0.39 is 0 Å². The third-order valence-corrected chi connectivity index (χ3v) is 4.58. The first-order chi connectivity index (χ1) is 9.67. The van der Waals surface area contributed by atoms with E-state index >= 15 is 0 Å². The van der Waals surface area contributed by atoms with Crippen LogP contribution in [-0.2, 0) is 6.42 Å². The van der Waals surface area contributed by atoms with Crippen LogP contribution in [0.25, 0.3) is 0 Å². The Morgan fingerprint density at radius 2 is 2.10 bits per heavy atom. The van der Waals surface area contributed by atoms with Crippen LogP contribution in [0.4, 0.5) is 4.39 Å². The van der Waals surface area contributed by atoms with Gasteiger partial charge in [0.05, 0.1) is 0 Å². The average molecular weight is 334 g/mol. The highest BCUT2D eigenvalue weighted by Gasteiger charge is 2.28. The Balaban J connectivity index is 1.79. The van der Waals surface area contributed by atoms with E-state index in [4.69, 9.17) is 0 Å². The largest absolute Gasteiger partial charge is 0.313 e. The number of nitrogens with one attached hydrogen (secondary N) is 1. The van der Waals surface area contributed by atoms with Crippen LogP contribution in [-0.4, -0.2) is 7.05 Å². The molecule has 2 unspecified atom stereocenters. The fraction of sp³-hybridized carbons (Fsp3) is 0.294. The zero-order chi connectivity index (χ0) is 14.1. The van der Waals surface area contributed by atoms with Crippen LogP contribution in [0, 0.1) is 5.82 Å². The monoisotopic (exact) mass is 333 g/mol. The molecule has 0 saturated heterocycles. The molecule has 20 heavy (non-hydrogen) atoms. The lowest BCUT2D eigenvalue weighted by molar-refractivity contribution is 0.450. The molecular formula is C17H17BrFN. The van der Waals surface area contributed by atoms with Crippen LogP contribution < -0.4 is 5.32 Å². The average Bonchev–Trinajstić information content (AvgIpc) is 2.39. The van der Waals surface area contributed by atoms with Crippen LogP contribution in [0.2, 0.25) is 0 Å². The Kier molecular flexibility index (Phi) is 3.90. The third-order valence-electron chi connectivity index (χ3n) is 4.12. The first-order valence-corrected chi connectivity index (χ1v) is 7.67. The molecule has 0 amide bonds. The topological polar surface area (TPSA) is 12.0 Å². The standard InChI is InChI=1S/C17H17BrFN/c1-20-17(13-7-14(18)10-15(19)8-13)9-12-6-11-4-2-3-5-16(11)12/h2-5,7-8,10,12,17,20H,6,9H2,1H3. The van der Waals surface area contributed by atoms with Crippen molar-refractivity contribution < 1.29 is 4.39 Å². The molecular weight excluding hydrogens is 317 g/mol. The predicted molar refractivity (Wildman–Crippen MR) is 83.4 cm³/mol. The molecule has 2 aromatic carbocycles. The summed E-state index contributed by atoms with van der Waals surface area (Å²) in [5.74, 6) is 0.384. The maximum absolute atomic E-state index is 13.5. The van der Waals surface area contributed by atoms with Gasteiger partial charge in [0.25, 0.3) is 0 Å². The summed E-state index contributed by atoms with van der Waals surface area (Å²) in [7, 11) is 1.94. The highest BCUT2D eigenvalue weighted by atomic mass is 79.9. The van der Waals surface area contributed by atoms with Crippen molar-refractivity contribution in [1.82, 2.24) is 5.32 Å². The molecule has 0 fully saturated rings.